The van der Waals surface area contributed by atoms with Crippen molar-refractivity contribution in [2.75, 3.05) is 5.73 Å². The molecule has 0 aromatic heterocycles. The van der Waals surface area contributed by atoms with Gasteiger partial charge in [0.15, 0.2) is 0 Å². The van der Waals surface area contributed by atoms with Crippen molar-refractivity contribution >= 4 is 29.7 Å². The molecular weight excluding hydrogens is 372 g/mol. The molecule has 7 N–H and O–H groups in total. The number of para-hydroxylation sites is 1. The predicted octanol–water partition coefficient (Wildman–Crippen LogP) is 1.53. The summed E-state index contributed by atoms with van der Waals surface area (Å²) in [7, 11) is 0. The number of nitrogen functional groups attached to an aromatic ring is 2. The molecule has 0 spiro atoms. The van der Waals surface area contributed by atoms with Gasteiger partial charge in [-0.2, -0.15) is 0 Å². The number of nitrogens with one attached hydrogen (secondary N) is 1. The van der Waals surface area contributed by atoms with E-state index in [1.54, 1.807) is 12.1 Å². The second-order valence-electron chi connectivity index (χ2n) is 6.52. The zero-order valence-electron chi connectivity index (χ0n) is 15.9. The Labute approximate surface area is 168 Å². The number of aldehydes is 1. The number of nitrogens with two attached hydrogens (primary N) is 3. The molecule has 2 aromatic rings. The van der Waals surface area contributed by atoms with Crippen molar-refractivity contribution < 1.29 is 19.1 Å². The van der Waals surface area contributed by atoms with Crippen LogP contribution in [0.2, 0.25) is 0 Å². The lowest BCUT2D eigenvalue weighted by molar-refractivity contribution is -0.161. The second kappa shape index (κ2) is 10.1. The van der Waals surface area contributed by atoms with E-state index in [1.807, 2.05) is 30.3 Å². The standard InChI is InChI=1S/C21H24N4O4/c22-17(11-12-26)21(28)29-18(27)6-2-4-14-3-1-5-16(19(14)23)13-7-9-15(10-8-13)20(24)25/h1,3,5,7-10,12,17H,2,4,6,11,22-23H2,(H3,24,25). The largest absolute Gasteiger partial charge is 0.398 e. The summed E-state index contributed by atoms with van der Waals surface area (Å²) in [5.41, 5.74) is 21.0. The molecule has 2 rings (SSSR count). The molecule has 0 amide bonds. The van der Waals surface area contributed by atoms with E-state index >= 15 is 0 Å². The first-order valence-corrected chi connectivity index (χ1v) is 9.09. The van der Waals surface area contributed by atoms with Crippen molar-refractivity contribution in [1.29, 1.82) is 5.41 Å². The van der Waals surface area contributed by atoms with Gasteiger partial charge in [-0.1, -0.05) is 42.5 Å². The fraction of sp³-hybridized carbons (Fsp3) is 0.238. The zero-order valence-corrected chi connectivity index (χ0v) is 15.9. The molecule has 1 atom stereocenters. The van der Waals surface area contributed by atoms with Crippen LogP contribution in [0.5, 0.6) is 0 Å². The lowest BCUT2D eigenvalue weighted by Gasteiger charge is -2.12. The number of aryl methyl sites for hydroxylation is 1. The highest BCUT2D eigenvalue weighted by atomic mass is 16.6. The van der Waals surface area contributed by atoms with Gasteiger partial charge in [0.2, 0.25) is 0 Å². The first-order chi connectivity index (χ1) is 13.8. The van der Waals surface area contributed by atoms with Gasteiger partial charge in [-0.25, -0.2) is 4.79 Å². The topological polar surface area (TPSA) is 162 Å². The Hall–Kier alpha value is -3.52. The molecule has 0 aliphatic heterocycles. The minimum absolute atomic E-state index is 0.00393. The Morgan fingerprint density at radius 2 is 1.83 bits per heavy atom. The molecule has 0 saturated carbocycles. The number of anilines is 1. The van der Waals surface area contributed by atoms with E-state index in [9.17, 15) is 14.4 Å². The van der Waals surface area contributed by atoms with E-state index in [-0.39, 0.29) is 18.7 Å². The smallest absolute Gasteiger partial charge is 0.331 e. The summed E-state index contributed by atoms with van der Waals surface area (Å²) in [5.74, 6) is -1.60. The lowest BCUT2D eigenvalue weighted by atomic mass is 9.97. The monoisotopic (exact) mass is 396 g/mol. The Bertz CT molecular complexity index is 909. The van der Waals surface area contributed by atoms with Crippen LogP contribution >= 0.6 is 0 Å². The van der Waals surface area contributed by atoms with Crippen LogP contribution in [0.25, 0.3) is 11.1 Å². The van der Waals surface area contributed by atoms with Crippen LogP contribution in [0.4, 0.5) is 5.69 Å². The van der Waals surface area contributed by atoms with Crippen molar-refractivity contribution in [1.82, 2.24) is 0 Å². The molecule has 0 aliphatic carbocycles. The van der Waals surface area contributed by atoms with Crippen LogP contribution in [-0.4, -0.2) is 30.1 Å². The van der Waals surface area contributed by atoms with E-state index in [4.69, 9.17) is 22.6 Å². The third-order valence-corrected chi connectivity index (χ3v) is 4.40. The number of ether oxygens (including phenoxy) is 1. The van der Waals surface area contributed by atoms with Crippen molar-refractivity contribution in [2.24, 2.45) is 11.5 Å². The number of hydrogen-bond acceptors (Lipinski definition) is 7. The van der Waals surface area contributed by atoms with E-state index < -0.39 is 18.0 Å². The van der Waals surface area contributed by atoms with Gasteiger partial charge < -0.3 is 26.7 Å². The van der Waals surface area contributed by atoms with Crippen LogP contribution in [0, 0.1) is 5.41 Å². The summed E-state index contributed by atoms with van der Waals surface area (Å²) in [4.78, 5) is 33.6. The van der Waals surface area contributed by atoms with Gasteiger partial charge >= 0.3 is 11.9 Å². The lowest BCUT2D eigenvalue weighted by Crippen LogP contribution is -2.34. The Balaban J connectivity index is 1.98. The molecule has 1 unspecified atom stereocenters. The molecule has 8 nitrogen and oxygen atoms in total. The van der Waals surface area contributed by atoms with E-state index in [0.717, 1.165) is 16.7 Å². The average Bonchev–Trinajstić information content (AvgIpc) is 2.69. The van der Waals surface area contributed by atoms with E-state index in [1.165, 1.54) is 0 Å². The third kappa shape index (κ3) is 5.98. The first kappa shape index (κ1) is 21.8. The summed E-state index contributed by atoms with van der Waals surface area (Å²) in [6.07, 6.45) is 1.29. The zero-order chi connectivity index (χ0) is 21.4. The molecule has 0 bridgehead atoms. The molecule has 8 heteroatoms. The summed E-state index contributed by atoms with van der Waals surface area (Å²) in [6.45, 7) is 0. The molecule has 0 heterocycles. The van der Waals surface area contributed by atoms with Gasteiger partial charge in [0.25, 0.3) is 0 Å². The van der Waals surface area contributed by atoms with Gasteiger partial charge in [0.05, 0.1) is 0 Å². The highest BCUT2D eigenvalue weighted by Crippen LogP contribution is 2.29. The summed E-state index contributed by atoms with van der Waals surface area (Å²) >= 11 is 0. The molecule has 152 valence electrons. The van der Waals surface area contributed by atoms with Crippen LogP contribution in [0.1, 0.15) is 30.4 Å². The summed E-state index contributed by atoms with van der Waals surface area (Å²) in [6, 6.07) is 11.7. The quantitative estimate of drug-likeness (QED) is 0.125. The normalized spacial score (nSPS) is 11.5. The molecular formula is C21H24N4O4. The molecule has 0 saturated heterocycles. The fourth-order valence-electron chi connectivity index (χ4n) is 2.77. The molecule has 0 aliphatic rings. The van der Waals surface area contributed by atoms with Crippen molar-refractivity contribution in [3.8, 4) is 11.1 Å². The Kier molecular flexibility index (Phi) is 7.62. The molecule has 0 radical (unpaired) electrons. The fourth-order valence-corrected chi connectivity index (χ4v) is 2.77. The number of amidine groups is 1. The number of rotatable bonds is 9. The number of esters is 2. The third-order valence-electron chi connectivity index (χ3n) is 4.40. The second-order valence-corrected chi connectivity index (χ2v) is 6.52. The maximum Gasteiger partial charge on any atom is 0.331 e. The van der Waals surface area contributed by atoms with Crippen LogP contribution in [-0.2, 0) is 25.5 Å². The van der Waals surface area contributed by atoms with E-state index in [2.05, 4.69) is 4.74 Å². The maximum absolute atomic E-state index is 11.8. The number of carbonyl (C=O) groups excluding carboxylic acids is 3. The van der Waals surface area contributed by atoms with Crippen molar-refractivity contribution in [2.45, 2.75) is 31.7 Å². The predicted molar refractivity (Wildman–Crippen MR) is 110 cm³/mol. The number of benzene rings is 2. The maximum atomic E-state index is 11.8. The van der Waals surface area contributed by atoms with Gasteiger partial charge in [-0.3, -0.25) is 10.2 Å². The average molecular weight is 396 g/mol. The summed E-state index contributed by atoms with van der Waals surface area (Å²) < 4.78 is 4.64. The van der Waals surface area contributed by atoms with Gasteiger partial charge in [0.1, 0.15) is 18.2 Å². The molecule has 2 aromatic carbocycles. The Morgan fingerprint density at radius 3 is 2.45 bits per heavy atom. The minimum Gasteiger partial charge on any atom is -0.398 e. The molecule has 0 fully saturated rings. The van der Waals surface area contributed by atoms with Crippen LogP contribution in [0.15, 0.2) is 42.5 Å². The number of carbonyl (C=O) groups is 3. The summed E-state index contributed by atoms with van der Waals surface area (Å²) in [5, 5.41) is 7.46. The van der Waals surface area contributed by atoms with E-state index in [0.29, 0.717) is 30.4 Å². The van der Waals surface area contributed by atoms with Gasteiger partial charge in [-0.15, -0.1) is 0 Å². The molecule has 29 heavy (non-hydrogen) atoms. The minimum atomic E-state index is -1.13. The van der Waals surface area contributed by atoms with Gasteiger partial charge in [0, 0.05) is 29.7 Å². The van der Waals surface area contributed by atoms with Crippen LogP contribution < -0.4 is 17.2 Å². The highest BCUT2D eigenvalue weighted by Gasteiger charge is 2.18. The van der Waals surface area contributed by atoms with Gasteiger partial charge in [-0.05, 0) is 24.0 Å². The SMILES string of the molecule is N=C(N)c1ccc(-c2cccc(CCCC(=O)OC(=O)C(N)CC=O)c2N)cc1. The Morgan fingerprint density at radius 1 is 1.14 bits per heavy atom. The number of hydrogen-bond donors (Lipinski definition) is 4. The highest BCUT2D eigenvalue weighted by molar-refractivity contribution is 5.95. The first-order valence-electron chi connectivity index (χ1n) is 9.09. The van der Waals surface area contributed by atoms with Crippen molar-refractivity contribution in [3.05, 3.63) is 53.6 Å². The van der Waals surface area contributed by atoms with Crippen LogP contribution in [0.3, 0.4) is 0 Å². The van der Waals surface area contributed by atoms with Crippen molar-refractivity contribution in [3.63, 3.8) is 0 Å².